The van der Waals surface area contributed by atoms with Crippen LogP contribution in [0.3, 0.4) is 0 Å². The number of phenols is 1. The Balaban J connectivity index is 1.84. The van der Waals surface area contributed by atoms with Gasteiger partial charge >= 0.3 is 5.69 Å². The number of nitrogens with one attached hydrogen (secondary N) is 1. The third-order valence-corrected chi connectivity index (χ3v) is 5.54. The van der Waals surface area contributed by atoms with Crippen molar-refractivity contribution in [2.75, 3.05) is 0 Å². The Labute approximate surface area is 187 Å². The van der Waals surface area contributed by atoms with Crippen LogP contribution in [0.4, 0.5) is 5.69 Å². The smallest absolute Gasteiger partial charge is 0.311 e. The van der Waals surface area contributed by atoms with E-state index in [2.05, 4.69) is 10.1 Å². The fourth-order valence-corrected chi connectivity index (χ4v) is 4.03. The zero-order valence-electron chi connectivity index (χ0n) is 17.5. The van der Waals surface area contributed by atoms with Gasteiger partial charge in [-0.05, 0) is 30.2 Å². The molecule has 8 nitrogen and oxygen atoms in total. The van der Waals surface area contributed by atoms with Gasteiger partial charge in [-0.15, -0.1) is 0 Å². The summed E-state index contributed by atoms with van der Waals surface area (Å²) < 4.78 is 1.30. The van der Waals surface area contributed by atoms with E-state index in [-0.39, 0.29) is 5.56 Å². The number of fused-ring (bicyclic) bond motifs is 1. The molecule has 8 heteroatoms. The molecular weight excluding hydrogens is 420 g/mol. The summed E-state index contributed by atoms with van der Waals surface area (Å²) >= 11 is 0. The molecule has 0 amide bonds. The molecule has 33 heavy (non-hydrogen) atoms. The highest BCUT2D eigenvalue weighted by molar-refractivity contribution is 5.91. The number of aryl methyl sites for hydroxylation is 1. The molecule has 0 atom stereocenters. The lowest BCUT2D eigenvalue weighted by molar-refractivity contribution is -0.385. The largest absolute Gasteiger partial charge is 0.502 e. The standard InChI is InChI=1S/C25H18N4O4/c1-15-21(18-12-13-20(30)19(14-18)29(32)33)25(31)28-24(26-15)22(16-8-4-2-5-9-16)23(27-28)17-10-6-3-7-11-17/h2-14,26,30H,1H3. The molecule has 0 saturated heterocycles. The van der Waals surface area contributed by atoms with Gasteiger partial charge in [0.15, 0.2) is 5.75 Å². The first-order valence-corrected chi connectivity index (χ1v) is 10.2. The molecule has 2 aromatic heterocycles. The predicted octanol–water partition coefficient (Wildman–Crippen LogP) is 4.95. The number of nitro groups is 1. The van der Waals surface area contributed by atoms with Crippen LogP contribution < -0.4 is 5.56 Å². The summed E-state index contributed by atoms with van der Waals surface area (Å²) in [5.74, 6) is -0.462. The van der Waals surface area contributed by atoms with Crippen LogP contribution in [0.15, 0.2) is 83.7 Å². The molecule has 2 heterocycles. The molecule has 0 bridgehead atoms. The third kappa shape index (κ3) is 3.34. The molecular formula is C25H18N4O4. The van der Waals surface area contributed by atoms with Crippen LogP contribution in [-0.4, -0.2) is 24.6 Å². The van der Waals surface area contributed by atoms with Gasteiger partial charge in [-0.25, -0.2) is 0 Å². The van der Waals surface area contributed by atoms with Crippen LogP contribution in [0.1, 0.15) is 5.69 Å². The number of nitro benzene ring substituents is 1. The fourth-order valence-electron chi connectivity index (χ4n) is 4.03. The maximum atomic E-state index is 13.6. The number of H-pyrrole nitrogens is 1. The molecule has 0 spiro atoms. The number of hydrogen-bond acceptors (Lipinski definition) is 5. The van der Waals surface area contributed by atoms with Gasteiger partial charge in [-0.1, -0.05) is 60.7 Å². The number of nitrogens with zero attached hydrogens (tertiary/aromatic N) is 3. The van der Waals surface area contributed by atoms with Gasteiger partial charge in [0.05, 0.1) is 16.1 Å². The Morgan fingerprint density at radius 2 is 1.55 bits per heavy atom. The lowest BCUT2D eigenvalue weighted by Crippen LogP contribution is -2.19. The highest BCUT2D eigenvalue weighted by Crippen LogP contribution is 2.35. The molecule has 0 saturated carbocycles. The van der Waals surface area contributed by atoms with Crippen LogP contribution in [0.25, 0.3) is 39.2 Å². The van der Waals surface area contributed by atoms with E-state index in [1.165, 1.54) is 22.7 Å². The maximum absolute atomic E-state index is 13.6. The second kappa shape index (κ2) is 7.76. The Kier molecular flexibility index (Phi) is 4.75. The van der Waals surface area contributed by atoms with Crippen molar-refractivity contribution in [3.63, 3.8) is 0 Å². The Morgan fingerprint density at radius 3 is 2.18 bits per heavy atom. The quantitative estimate of drug-likeness (QED) is 0.305. The number of phenolic OH excluding ortho intramolecular Hbond substituents is 1. The molecule has 0 aliphatic heterocycles. The van der Waals surface area contributed by atoms with Gasteiger partial charge in [0, 0.05) is 17.3 Å². The van der Waals surface area contributed by atoms with Gasteiger partial charge < -0.3 is 10.1 Å². The first kappa shape index (κ1) is 20.2. The van der Waals surface area contributed by atoms with Crippen LogP contribution in [0.2, 0.25) is 0 Å². The minimum atomic E-state index is -0.685. The van der Waals surface area contributed by atoms with Crippen LogP contribution in [0.5, 0.6) is 5.75 Å². The summed E-state index contributed by atoms with van der Waals surface area (Å²) in [7, 11) is 0. The summed E-state index contributed by atoms with van der Waals surface area (Å²) in [5.41, 5.74) is 3.91. The molecule has 2 N–H and O–H groups in total. The highest BCUT2D eigenvalue weighted by Gasteiger charge is 2.23. The predicted molar refractivity (Wildman–Crippen MR) is 125 cm³/mol. The average molecular weight is 438 g/mol. The highest BCUT2D eigenvalue weighted by atomic mass is 16.6. The minimum absolute atomic E-state index is 0.243. The topological polar surface area (TPSA) is 114 Å². The Morgan fingerprint density at radius 1 is 0.909 bits per heavy atom. The monoisotopic (exact) mass is 438 g/mol. The Bertz CT molecular complexity index is 1570. The number of aromatic nitrogens is 3. The SMILES string of the molecule is Cc1[nH]c2c(-c3ccccc3)c(-c3ccccc3)nn2c(=O)c1-c1ccc(O)c([N+](=O)[O-])c1. The molecule has 162 valence electrons. The normalized spacial score (nSPS) is 11.1. The average Bonchev–Trinajstić information content (AvgIpc) is 3.20. The van der Waals surface area contributed by atoms with Crippen molar-refractivity contribution >= 4 is 11.3 Å². The van der Waals surface area contributed by atoms with Crippen LogP contribution in [0, 0.1) is 17.0 Å². The van der Waals surface area contributed by atoms with E-state index in [1.807, 2.05) is 60.7 Å². The molecule has 0 fully saturated rings. The summed E-state index contributed by atoms with van der Waals surface area (Å²) in [6.07, 6.45) is 0. The minimum Gasteiger partial charge on any atom is -0.502 e. The van der Waals surface area contributed by atoms with Gasteiger partial charge in [0.1, 0.15) is 11.3 Å². The molecule has 3 aromatic carbocycles. The van der Waals surface area contributed by atoms with Crippen molar-refractivity contribution < 1.29 is 10.0 Å². The molecule has 5 aromatic rings. The van der Waals surface area contributed by atoms with Crippen molar-refractivity contribution in [1.29, 1.82) is 0 Å². The second-order valence-electron chi connectivity index (χ2n) is 7.61. The van der Waals surface area contributed by atoms with E-state index in [1.54, 1.807) is 6.92 Å². The van der Waals surface area contributed by atoms with E-state index in [0.717, 1.165) is 16.7 Å². The zero-order valence-corrected chi connectivity index (χ0v) is 17.5. The van der Waals surface area contributed by atoms with Crippen LogP contribution in [-0.2, 0) is 0 Å². The van der Waals surface area contributed by atoms with Crippen molar-refractivity contribution in [2.45, 2.75) is 6.92 Å². The van der Waals surface area contributed by atoms with E-state index in [0.29, 0.717) is 22.6 Å². The van der Waals surface area contributed by atoms with E-state index >= 15 is 0 Å². The van der Waals surface area contributed by atoms with Crippen molar-refractivity contribution in [3.05, 3.63) is 105 Å². The number of aromatic hydroxyl groups is 1. The molecule has 0 aliphatic rings. The van der Waals surface area contributed by atoms with Crippen LogP contribution >= 0.6 is 0 Å². The summed E-state index contributed by atoms with van der Waals surface area (Å²) in [6.45, 7) is 1.74. The lowest BCUT2D eigenvalue weighted by Gasteiger charge is -2.08. The van der Waals surface area contributed by atoms with Crippen molar-refractivity contribution in [3.8, 4) is 39.3 Å². The van der Waals surface area contributed by atoms with Gasteiger partial charge in [-0.3, -0.25) is 14.9 Å². The fraction of sp³-hybridized carbons (Fsp3) is 0.0400. The number of hydrogen-bond donors (Lipinski definition) is 2. The second-order valence-corrected chi connectivity index (χ2v) is 7.61. The summed E-state index contributed by atoms with van der Waals surface area (Å²) in [5, 5.41) is 25.8. The van der Waals surface area contributed by atoms with Gasteiger partial charge in [0.25, 0.3) is 5.56 Å². The summed E-state index contributed by atoms with van der Waals surface area (Å²) in [4.78, 5) is 27.5. The number of benzene rings is 3. The van der Waals surface area contributed by atoms with Gasteiger partial charge in [-0.2, -0.15) is 9.61 Å². The molecule has 0 unspecified atom stereocenters. The number of rotatable bonds is 4. The van der Waals surface area contributed by atoms with Crippen molar-refractivity contribution in [1.82, 2.24) is 14.6 Å². The van der Waals surface area contributed by atoms with Gasteiger partial charge in [0.2, 0.25) is 0 Å². The van der Waals surface area contributed by atoms with E-state index in [4.69, 9.17) is 0 Å². The Hall–Kier alpha value is -4.72. The summed E-state index contributed by atoms with van der Waals surface area (Å²) in [6, 6.07) is 23.1. The zero-order chi connectivity index (χ0) is 23.1. The molecule has 5 rings (SSSR count). The van der Waals surface area contributed by atoms with Crippen molar-refractivity contribution in [2.24, 2.45) is 0 Å². The first-order chi connectivity index (χ1) is 16.0. The first-order valence-electron chi connectivity index (χ1n) is 10.2. The molecule has 0 aliphatic carbocycles. The number of aromatic amines is 1. The third-order valence-electron chi connectivity index (χ3n) is 5.54. The van der Waals surface area contributed by atoms with E-state index < -0.39 is 21.9 Å². The van der Waals surface area contributed by atoms with E-state index in [9.17, 15) is 20.0 Å². The maximum Gasteiger partial charge on any atom is 0.311 e. The lowest BCUT2D eigenvalue weighted by atomic mass is 10.0. The molecule has 0 radical (unpaired) electrons.